The van der Waals surface area contributed by atoms with Crippen LogP contribution in [0.2, 0.25) is 0 Å². The molecule has 3 aromatic rings. The van der Waals surface area contributed by atoms with E-state index in [4.69, 9.17) is 9.47 Å². The van der Waals surface area contributed by atoms with E-state index in [9.17, 15) is 9.59 Å². The summed E-state index contributed by atoms with van der Waals surface area (Å²) in [5.41, 5.74) is 1.74. The lowest BCUT2D eigenvalue weighted by molar-refractivity contribution is -0.132. The normalized spacial score (nSPS) is 10.8. The Morgan fingerprint density at radius 2 is 1.93 bits per heavy atom. The number of carbonyl (C=O) groups is 1. The highest BCUT2D eigenvalue weighted by molar-refractivity contribution is 7.17. The number of hydrogen-bond donors (Lipinski definition) is 0. The first kappa shape index (κ1) is 19.0. The number of methoxy groups -OCH3 is 2. The molecule has 7 heteroatoms. The minimum absolute atomic E-state index is 0.0107. The molecule has 2 aromatic heterocycles. The number of thiophene rings is 1. The van der Waals surface area contributed by atoms with Crippen molar-refractivity contribution in [1.82, 2.24) is 9.47 Å². The van der Waals surface area contributed by atoms with Crippen LogP contribution in [-0.2, 0) is 17.9 Å². The molecule has 2 heterocycles. The molecule has 6 nitrogen and oxygen atoms in total. The summed E-state index contributed by atoms with van der Waals surface area (Å²) in [6.45, 7) is 3.20. The largest absolute Gasteiger partial charge is 0.493 e. The minimum atomic E-state index is -0.0126. The molecule has 0 unspecified atom stereocenters. The van der Waals surface area contributed by atoms with Gasteiger partial charge in [-0.05, 0) is 36.1 Å². The van der Waals surface area contributed by atoms with E-state index in [0.717, 1.165) is 11.1 Å². The van der Waals surface area contributed by atoms with Crippen molar-refractivity contribution in [2.45, 2.75) is 20.0 Å². The highest BCUT2D eigenvalue weighted by Crippen LogP contribution is 2.28. The summed E-state index contributed by atoms with van der Waals surface area (Å²) in [4.78, 5) is 26.5. The van der Waals surface area contributed by atoms with Gasteiger partial charge in [0.15, 0.2) is 16.9 Å². The van der Waals surface area contributed by atoms with Gasteiger partial charge < -0.3 is 18.9 Å². The molecule has 0 saturated heterocycles. The van der Waals surface area contributed by atoms with E-state index in [1.54, 1.807) is 25.3 Å². The first-order valence-corrected chi connectivity index (χ1v) is 9.50. The van der Waals surface area contributed by atoms with E-state index in [1.165, 1.54) is 17.4 Å². The van der Waals surface area contributed by atoms with Gasteiger partial charge in [-0.3, -0.25) is 9.59 Å². The first-order chi connectivity index (χ1) is 13.1. The molecule has 142 valence electrons. The zero-order valence-corrected chi connectivity index (χ0v) is 16.4. The molecular formula is C20H22N2O4S. The Morgan fingerprint density at radius 1 is 1.15 bits per heavy atom. The van der Waals surface area contributed by atoms with Gasteiger partial charge >= 0.3 is 0 Å². The van der Waals surface area contributed by atoms with E-state index < -0.39 is 0 Å². The van der Waals surface area contributed by atoms with Crippen molar-refractivity contribution in [3.63, 3.8) is 0 Å². The van der Waals surface area contributed by atoms with Gasteiger partial charge in [-0.15, -0.1) is 11.3 Å². The van der Waals surface area contributed by atoms with Crippen LogP contribution in [0.1, 0.15) is 12.5 Å². The number of nitrogens with zero attached hydrogens (tertiary/aromatic N) is 2. The maximum absolute atomic E-state index is 12.9. The Hall–Kier alpha value is -2.80. The molecule has 0 saturated carbocycles. The number of amides is 1. The summed E-state index contributed by atoms with van der Waals surface area (Å²) in [5, 5.41) is 1.87. The summed E-state index contributed by atoms with van der Waals surface area (Å²) in [6, 6.07) is 9.03. The fraction of sp³-hybridized carbons (Fsp3) is 0.300. The Morgan fingerprint density at radius 3 is 2.63 bits per heavy atom. The third-order valence-electron chi connectivity index (χ3n) is 4.44. The fourth-order valence-corrected chi connectivity index (χ4v) is 3.81. The van der Waals surface area contributed by atoms with E-state index in [0.29, 0.717) is 29.3 Å². The van der Waals surface area contributed by atoms with Gasteiger partial charge in [-0.1, -0.05) is 6.07 Å². The number of hydrogen-bond acceptors (Lipinski definition) is 5. The van der Waals surface area contributed by atoms with Crippen molar-refractivity contribution in [3.8, 4) is 11.5 Å². The molecule has 0 aliphatic rings. The standard InChI is InChI=1S/C20H22N2O4S/c1-4-21(12-14-5-6-17(25-2)18(11-14)26-3)19(24)13-22-9-7-16(23)20-15(22)8-10-27-20/h5-11H,4,12-13H2,1-3H3. The first-order valence-electron chi connectivity index (χ1n) is 8.62. The van der Waals surface area contributed by atoms with E-state index in [1.807, 2.05) is 41.1 Å². The van der Waals surface area contributed by atoms with Crippen molar-refractivity contribution in [3.05, 3.63) is 57.7 Å². The number of likely N-dealkylation sites (N-methyl/N-ethyl adjacent to an activating group) is 1. The van der Waals surface area contributed by atoms with Crippen LogP contribution in [0.5, 0.6) is 11.5 Å². The van der Waals surface area contributed by atoms with Crippen molar-refractivity contribution in [1.29, 1.82) is 0 Å². The van der Waals surface area contributed by atoms with Gasteiger partial charge in [0.05, 0.1) is 24.4 Å². The maximum Gasteiger partial charge on any atom is 0.242 e. The number of carbonyl (C=O) groups excluding carboxylic acids is 1. The molecule has 1 amide bonds. The molecule has 0 aliphatic heterocycles. The lowest BCUT2D eigenvalue weighted by Crippen LogP contribution is -2.33. The number of ether oxygens (including phenoxy) is 2. The number of aromatic nitrogens is 1. The zero-order chi connectivity index (χ0) is 19.4. The number of pyridine rings is 1. The average Bonchev–Trinajstić information content (AvgIpc) is 3.19. The minimum Gasteiger partial charge on any atom is -0.493 e. The topological polar surface area (TPSA) is 60.8 Å². The molecule has 0 bridgehead atoms. The van der Waals surface area contributed by atoms with Crippen LogP contribution in [0.25, 0.3) is 10.2 Å². The quantitative estimate of drug-likeness (QED) is 0.626. The van der Waals surface area contributed by atoms with Crippen molar-refractivity contribution in [2.75, 3.05) is 20.8 Å². The SMILES string of the molecule is CCN(Cc1ccc(OC)c(OC)c1)C(=O)Cn1ccc(=O)c2sccc21. The number of fused-ring (bicyclic) bond motifs is 1. The lowest BCUT2D eigenvalue weighted by atomic mass is 10.2. The lowest BCUT2D eigenvalue weighted by Gasteiger charge is -2.22. The molecule has 0 atom stereocenters. The predicted octanol–water partition coefficient (Wildman–Crippen LogP) is 3.13. The van der Waals surface area contributed by atoms with Crippen molar-refractivity contribution < 1.29 is 14.3 Å². The summed E-state index contributed by atoms with van der Waals surface area (Å²) >= 11 is 1.40. The summed E-state index contributed by atoms with van der Waals surface area (Å²) in [5.74, 6) is 1.28. The van der Waals surface area contributed by atoms with Crippen LogP contribution in [0.15, 0.2) is 46.7 Å². The van der Waals surface area contributed by atoms with Crippen LogP contribution in [-0.4, -0.2) is 36.1 Å². The molecule has 0 radical (unpaired) electrons. The molecule has 0 aliphatic carbocycles. The smallest absolute Gasteiger partial charge is 0.242 e. The molecule has 0 N–H and O–H groups in total. The van der Waals surface area contributed by atoms with E-state index in [2.05, 4.69) is 0 Å². The number of benzene rings is 1. The van der Waals surface area contributed by atoms with Crippen molar-refractivity contribution >= 4 is 27.5 Å². The Kier molecular flexibility index (Phi) is 5.81. The van der Waals surface area contributed by atoms with Gasteiger partial charge in [-0.25, -0.2) is 0 Å². The van der Waals surface area contributed by atoms with E-state index in [-0.39, 0.29) is 17.9 Å². The molecule has 27 heavy (non-hydrogen) atoms. The zero-order valence-electron chi connectivity index (χ0n) is 15.6. The van der Waals surface area contributed by atoms with Crippen molar-refractivity contribution in [2.24, 2.45) is 0 Å². The summed E-state index contributed by atoms with van der Waals surface area (Å²) < 4.78 is 13.1. The summed E-state index contributed by atoms with van der Waals surface area (Å²) in [7, 11) is 3.18. The second kappa shape index (κ2) is 8.26. The second-order valence-electron chi connectivity index (χ2n) is 6.04. The van der Waals surface area contributed by atoms with E-state index >= 15 is 0 Å². The van der Waals surface area contributed by atoms with Gasteiger partial charge in [0.2, 0.25) is 5.91 Å². The monoisotopic (exact) mass is 386 g/mol. The molecule has 3 rings (SSSR count). The third-order valence-corrected chi connectivity index (χ3v) is 5.36. The fourth-order valence-electron chi connectivity index (χ4n) is 2.99. The Balaban J connectivity index is 1.79. The van der Waals surface area contributed by atoms with Crippen LogP contribution < -0.4 is 14.9 Å². The Labute approximate surface area is 161 Å². The molecule has 0 fully saturated rings. The van der Waals surface area contributed by atoms with Gasteiger partial charge in [-0.2, -0.15) is 0 Å². The number of rotatable bonds is 7. The summed E-state index contributed by atoms with van der Waals surface area (Å²) in [6.07, 6.45) is 1.68. The van der Waals surface area contributed by atoms with Crippen LogP contribution in [0.3, 0.4) is 0 Å². The van der Waals surface area contributed by atoms with Gasteiger partial charge in [0.25, 0.3) is 0 Å². The third kappa shape index (κ3) is 3.98. The molecule has 0 spiro atoms. The van der Waals surface area contributed by atoms with Gasteiger partial charge in [0.1, 0.15) is 6.54 Å². The van der Waals surface area contributed by atoms with Crippen LogP contribution in [0, 0.1) is 0 Å². The average molecular weight is 386 g/mol. The molecule has 1 aromatic carbocycles. The highest BCUT2D eigenvalue weighted by Gasteiger charge is 2.15. The van der Waals surface area contributed by atoms with Crippen LogP contribution >= 0.6 is 11.3 Å². The maximum atomic E-state index is 12.9. The Bertz CT molecular complexity index is 1010. The predicted molar refractivity (Wildman–Crippen MR) is 107 cm³/mol. The second-order valence-corrected chi connectivity index (χ2v) is 6.96. The molecular weight excluding hydrogens is 364 g/mol. The van der Waals surface area contributed by atoms with Crippen LogP contribution in [0.4, 0.5) is 0 Å². The van der Waals surface area contributed by atoms with Gasteiger partial charge in [0, 0.05) is 25.4 Å². The highest BCUT2D eigenvalue weighted by atomic mass is 32.1.